The SMILES string of the molecule is Cc1nc2cc(F)c(NCCN(C)C)cc2c(=O)[nH]1. The Morgan fingerprint density at radius 3 is 2.84 bits per heavy atom. The Bertz CT molecular complexity index is 651. The molecule has 19 heavy (non-hydrogen) atoms. The van der Waals surface area contributed by atoms with Crippen LogP contribution in [0.4, 0.5) is 10.1 Å². The zero-order valence-electron chi connectivity index (χ0n) is 11.2. The number of hydrogen-bond donors (Lipinski definition) is 2. The minimum atomic E-state index is -0.399. The number of nitrogens with zero attached hydrogens (tertiary/aromatic N) is 2. The van der Waals surface area contributed by atoms with Crippen LogP contribution < -0.4 is 10.9 Å². The summed E-state index contributed by atoms with van der Waals surface area (Å²) in [5, 5.41) is 3.37. The molecule has 0 aliphatic carbocycles. The fourth-order valence-corrected chi connectivity index (χ4v) is 1.83. The van der Waals surface area contributed by atoms with Gasteiger partial charge >= 0.3 is 0 Å². The summed E-state index contributed by atoms with van der Waals surface area (Å²) >= 11 is 0. The minimum absolute atomic E-state index is 0.252. The average Bonchev–Trinajstić information content (AvgIpc) is 2.29. The molecule has 0 fully saturated rings. The maximum atomic E-state index is 13.9. The molecule has 1 heterocycles. The molecule has 6 heteroatoms. The number of H-pyrrole nitrogens is 1. The molecule has 0 atom stereocenters. The van der Waals surface area contributed by atoms with Gasteiger partial charge in [-0.2, -0.15) is 0 Å². The Balaban J connectivity index is 2.35. The molecule has 2 rings (SSSR count). The van der Waals surface area contributed by atoms with Crippen LogP contribution in [0.1, 0.15) is 5.82 Å². The average molecular weight is 264 g/mol. The molecule has 0 saturated carbocycles. The van der Waals surface area contributed by atoms with E-state index in [2.05, 4.69) is 15.3 Å². The summed E-state index contributed by atoms with van der Waals surface area (Å²) in [6, 6.07) is 2.79. The van der Waals surface area contributed by atoms with E-state index in [1.807, 2.05) is 19.0 Å². The van der Waals surface area contributed by atoms with Crippen molar-refractivity contribution >= 4 is 16.6 Å². The van der Waals surface area contributed by atoms with Crippen molar-refractivity contribution in [2.45, 2.75) is 6.92 Å². The van der Waals surface area contributed by atoms with Crippen LogP contribution in [-0.2, 0) is 0 Å². The predicted octanol–water partition coefficient (Wildman–Crippen LogP) is 1.34. The van der Waals surface area contributed by atoms with E-state index in [1.54, 1.807) is 6.92 Å². The number of hydrogen-bond acceptors (Lipinski definition) is 4. The standard InChI is InChI=1S/C13H17FN4O/c1-8-16-11-7-10(14)12(15-4-5-18(2)3)6-9(11)13(19)17-8/h6-7,15H,4-5H2,1-3H3,(H,16,17,19). The van der Waals surface area contributed by atoms with Crippen molar-refractivity contribution in [3.8, 4) is 0 Å². The highest BCUT2D eigenvalue weighted by atomic mass is 19.1. The van der Waals surface area contributed by atoms with Gasteiger partial charge in [0.15, 0.2) is 0 Å². The highest BCUT2D eigenvalue weighted by Gasteiger charge is 2.08. The molecule has 0 aliphatic heterocycles. The van der Waals surface area contributed by atoms with E-state index in [0.717, 1.165) is 6.54 Å². The Hall–Kier alpha value is -1.95. The first-order chi connectivity index (χ1) is 8.97. The van der Waals surface area contributed by atoms with Crippen molar-refractivity contribution in [2.24, 2.45) is 0 Å². The monoisotopic (exact) mass is 264 g/mol. The smallest absolute Gasteiger partial charge is 0.258 e. The highest BCUT2D eigenvalue weighted by molar-refractivity contribution is 5.81. The third-order valence-corrected chi connectivity index (χ3v) is 2.79. The second-order valence-corrected chi connectivity index (χ2v) is 4.73. The fraction of sp³-hybridized carbons (Fsp3) is 0.385. The van der Waals surface area contributed by atoms with Crippen molar-refractivity contribution in [3.63, 3.8) is 0 Å². The quantitative estimate of drug-likeness (QED) is 0.875. The number of aryl methyl sites for hydroxylation is 1. The van der Waals surface area contributed by atoms with Gasteiger partial charge in [-0.25, -0.2) is 9.37 Å². The number of fused-ring (bicyclic) bond motifs is 1. The summed E-state index contributed by atoms with van der Waals surface area (Å²) in [5.41, 5.74) is 0.445. The van der Waals surface area contributed by atoms with Crippen LogP contribution in [-0.4, -0.2) is 42.1 Å². The van der Waals surface area contributed by atoms with Gasteiger partial charge in [0.2, 0.25) is 0 Å². The molecule has 0 saturated heterocycles. The van der Waals surface area contributed by atoms with E-state index in [0.29, 0.717) is 29.0 Å². The molecule has 0 radical (unpaired) electrons. The van der Waals surface area contributed by atoms with Gasteiger partial charge in [0.25, 0.3) is 5.56 Å². The molecular weight excluding hydrogens is 247 g/mol. The van der Waals surface area contributed by atoms with E-state index in [9.17, 15) is 9.18 Å². The Morgan fingerprint density at radius 2 is 2.16 bits per heavy atom. The van der Waals surface area contributed by atoms with Gasteiger partial charge in [0.05, 0.1) is 16.6 Å². The lowest BCUT2D eigenvalue weighted by Gasteiger charge is -2.12. The molecule has 0 unspecified atom stereocenters. The third kappa shape index (κ3) is 3.08. The summed E-state index contributed by atoms with van der Waals surface area (Å²) in [5.74, 6) is 0.0778. The van der Waals surface area contributed by atoms with E-state index in [-0.39, 0.29) is 5.56 Å². The van der Waals surface area contributed by atoms with Gasteiger partial charge in [-0.15, -0.1) is 0 Å². The number of rotatable bonds is 4. The Labute approximate surface area is 110 Å². The second kappa shape index (κ2) is 5.36. The Morgan fingerprint density at radius 1 is 1.42 bits per heavy atom. The van der Waals surface area contributed by atoms with Gasteiger partial charge in [-0.1, -0.05) is 0 Å². The molecule has 2 aromatic rings. The summed E-state index contributed by atoms with van der Waals surface area (Å²) in [7, 11) is 3.88. The van der Waals surface area contributed by atoms with E-state index >= 15 is 0 Å². The maximum absolute atomic E-state index is 13.9. The maximum Gasteiger partial charge on any atom is 0.258 e. The lowest BCUT2D eigenvalue weighted by molar-refractivity contribution is 0.425. The summed E-state index contributed by atoms with van der Waals surface area (Å²) in [4.78, 5) is 20.5. The van der Waals surface area contributed by atoms with Gasteiger partial charge in [-0.3, -0.25) is 4.79 Å². The first-order valence-corrected chi connectivity index (χ1v) is 6.06. The number of likely N-dealkylation sites (N-methyl/N-ethyl adjacent to an activating group) is 1. The summed E-state index contributed by atoms with van der Waals surface area (Å²) in [6.07, 6.45) is 0. The van der Waals surface area contributed by atoms with Gasteiger partial charge in [0, 0.05) is 19.2 Å². The third-order valence-electron chi connectivity index (χ3n) is 2.79. The number of aromatic amines is 1. The van der Waals surface area contributed by atoms with Gasteiger partial charge < -0.3 is 15.2 Å². The van der Waals surface area contributed by atoms with Crippen molar-refractivity contribution in [3.05, 3.63) is 34.1 Å². The van der Waals surface area contributed by atoms with Crippen LogP contribution in [0.5, 0.6) is 0 Å². The van der Waals surface area contributed by atoms with E-state index in [4.69, 9.17) is 0 Å². The van der Waals surface area contributed by atoms with Crippen molar-refractivity contribution in [2.75, 3.05) is 32.5 Å². The highest BCUT2D eigenvalue weighted by Crippen LogP contribution is 2.19. The Kier molecular flexibility index (Phi) is 3.80. The van der Waals surface area contributed by atoms with E-state index < -0.39 is 5.82 Å². The van der Waals surface area contributed by atoms with Crippen LogP contribution in [0.25, 0.3) is 10.9 Å². The summed E-state index contributed by atoms with van der Waals surface area (Å²) in [6.45, 7) is 3.05. The van der Waals surface area contributed by atoms with Crippen LogP contribution in [0, 0.1) is 12.7 Å². The van der Waals surface area contributed by atoms with Gasteiger partial charge in [0.1, 0.15) is 11.6 Å². The minimum Gasteiger partial charge on any atom is -0.381 e. The molecule has 1 aromatic heterocycles. The topological polar surface area (TPSA) is 61.0 Å². The second-order valence-electron chi connectivity index (χ2n) is 4.73. The van der Waals surface area contributed by atoms with Crippen molar-refractivity contribution in [1.29, 1.82) is 0 Å². The van der Waals surface area contributed by atoms with Crippen LogP contribution in [0.3, 0.4) is 0 Å². The molecular formula is C13H17FN4O. The number of aromatic nitrogens is 2. The van der Waals surface area contributed by atoms with Crippen molar-refractivity contribution in [1.82, 2.24) is 14.9 Å². The number of anilines is 1. The normalized spacial score (nSPS) is 11.2. The number of benzene rings is 1. The molecule has 0 amide bonds. The number of halogens is 1. The molecule has 5 nitrogen and oxygen atoms in total. The summed E-state index contributed by atoms with van der Waals surface area (Å²) < 4.78 is 13.9. The van der Waals surface area contributed by atoms with Crippen LogP contribution in [0.15, 0.2) is 16.9 Å². The fourth-order valence-electron chi connectivity index (χ4n) is 1.83. The first-order valence-electron chi connectivity index (χ1n) is 6.06. The molecule has 0 aliphatic rings. The van der Waals surface area contributed by atoms with Crippen LogP contribution in [0.2, 0.25) is 0 Å². The molecule has 2 N–H and O–H groups in total. The lowest BCUT2D eigenvalue weighted by atomic mass is 10.2. The molecule has 1 aromatic carbocycles. The zero-order valence-corrected chi connectivity index (χ0v) is 11.2. The van der Waals surface area contributed by atoms with Crippen molar-refractivity contribution < 1.29 is 4.39 Å². The van der Waals surface area contributed by atoms with Gasteiger partial charge in [-0.05, 0) is 27.1 Å². The first kappa shape index (κ1) is 13.5. The molecule has 102 valence electrons. The molecule has 0 spiro atoms. The lowest BCUT2D eigenvalue weighted by Crippen LogP contribution is -2.21. The van der Waals surface area contributed by atoms with E-state index in [1.165, 1.54) is 12.1 Å². The zero-order chi connectivity index (χ0) is 14.0. The molecule has 0 bridgehead atoms. The number of nitrogens with one attached hydrogen (secondary N) is 2. The van der Waals surface area contributed by atoms with Crippen LogP contribution >= 0.6 is 0 Å². The largest absolute Gasteiger partial charge is 0.381 e. The predicted molar refractivity (Wildman–Crippen MR) is 74.1 cm³/mol.